The fourth-order valence-corrected chi connectivity index (χ4v) is 2.48. The second-order valence-electron chi connectivity index (χ2n) is 6.29. The largest absolute Gasteiger partial charge is 0.314 e. The Kier molecular flexibility index (Phi) is 5.92. The first-order chi connectivity index (χ1) is 8.81. The Hall–Kier alpha value is -0.960. The summed E-state index contributed by atoms with van der Waals surface area (Å²) in [6, 6.07) is 0.518. The van der Waals surface area contributed by atoms with Crippen molar-refractivity contribution in [3.05, 3.63) is 22.8 Å². The second-order valence-corrected chi connectivity index (χ2v) is 6.29. The molecule has 0 saturated carbocycles. The number of aryl methyl sites for hydroxylation is 2. The molecule has 19 heavy (non-hydrogen) atoms. The topological polar surface area (TPSA) is 37.8 Å². The smallest absolute Gasteiger partial charge is 0.129 e. The van der Waals surface area contributed by atoms with E-state index in [1.54, 1.807) is 0 Å². The molecule has 108 valence electrons. The average molecular weight is 263 g/mol. The summed E-state index contributed by atoms with van der Waals surface area (Å²) in [5.41, 5.74) is 3.59. The summed E-state index contributed by atoms with van der Waals surface area (Å²) in [5, 5.41) is 3.49. The Morgan fingerprint density at radius 1 is 0.947 bits per heavy atom. The van der Waals surface area contributed by atoms with Crippen LogP contribution in [0.4, 0.5) is 0 Å². The van der Waals surface area contributed by atoms with E-state index >= 15 is 0 Å². The number of nitrogens with one attached hydrogen (secondary N) is 1. The number of hydrogen-bond donors (Lipinski definition) is 1. The van der Waals surface area contributed by atoms with Crippen LogP contribution < -0.4 is 5.32 Å². The van der Waals surface area contributed by atoms with Crippen molar-refractivity contribution in [2.24, 2.45) is 5.92 Å². The first-order valence-electron chi connectivity index (χ1n) is 7.38. The Morgan fingerprint density at radius 3 is 1.89 bits per heavy atom. The second kappa shape index (κ2) is 6.99. The van der Waals surface area contributed by atoms with E-state index in [1.165, 1.54) is 5.56 Å². The van der Waals surface area contributed by atoms with Gasteiger partial charge in [0.15, 0.2) is 0 Å². The molecule has 3 heteroatoms. The number of rotatable bonds is 6. The molecule has 1 aromatic rings. The van der Waals surface area contributed by atoms with Crippen LogP contribution in [-0.4, -0.2) is 22.6 Å². The summed E-state index contributed by atoms with van der Waals surface area (Å²) in [7, 11) is 0. The summed E-state index contributed by atoms with van der Waals surface area (Å²) in [6.45, 7) is 16.2. The van der Waals surface area contributed by atoms with Crippen LogP contribution in [0.3, 0.4) is 0 Å². The van der Waals surface area contributed by atoms with Crippen molar-refractivity contribution in [2.45, 2.75) is 66.8 Å². The van der Waals surface area contributed by atoms with Crippen molar-refractivity contribution >= 4 is 0 Å². The first kappa shape index (κ1) is 16.1. The minimum atomic E-state index is 0.454. The van der Waals surface area contributed by atoms with Gasteiger partial charge in [-0.1, -0.05) is 34.6 Å². The van der Waals surface area contributed by atoms with Gasteiger partial charge < -0.3 is 5.32 Å². The van der Waals surface area contributed by atoms with Crippen molar-refractivity contribution in [1.29, 1.82) is 0 Å². The van der Waals surface area contributed by atoms with Gasteiger partial charge in [-0.15, -0.1) is 0 Å². The molecule has 0 aliphatic rings. The summed E-state index contributed by atoms with van der Waals surface area (Å²) >= 11 is 0. The van der Waals surface area contributed by atoms with Crippen molar-refractivity contribution in [2.75, 3.05) is 6.54 Å². The highest BCUT2D eigenvalue weighted by atomic mass is 14.9. The molecule has 0 aliphatic carbocycles. The third-order valence-corrected chi connectivity index (χ3v) is 3.29. The maximum absolute atomic E-state index is 4.68. The van der Waals surface area contributed by atoms with Crippen LogP contribution in [-0.2, 0) is 6.42 Å². The van der Waals surface area contributed by atoms with Gasteiger partial charge in [-0.05, 0) is 31.2 Å². The van der Waals surface area contributed by atoms with Gasteiger partial charge in [-0.3, -0.25) is 0 Å². The summed E-state index contributed by atoms with van der Waals surface area (Å²) < 4.78 is 0. The number of nitrogens with zero attached hydrogens (tertiary/aromatic N) is 2. The molecule has 0 radical (unpaired) electrons. The fourth-order valence-electron chi connectivity index (χ4n) is 2.48. The third-order valence-electron chi connectivity index (χ3n) is 3.29. The van der Waals surface area contributed by atoms with Crippen LogP contribution in [0, 0.1) is 19.8 Å². The molecule has 0 fully saturated rings. The van der Waals surface area contributed by atoms with E-state index < -0.39 is 0 Å². The maximum Gasteiger partial charge on any atom is 0.129 e. The minimum absolute atomic E-state index is 0.454. The van der Waals surface area contributed by atoms with E-state index in [0.29, 0.717) is 17.9 Å². The molecule has 0 saturated heterocycles. The van der Waals surface area contributed by atoms with Crippen molar-refractivity contribution in [1.82, 2.24) is 15.3 Å². The van der Waals surface area contributed by atoms with Gasteiger partial charge in [-0.2, -0.15) is 0 Å². The summed E-state index contributed by atoms with van der Waals surface area (Å²) in [4.78, 5) is 9.37. The SMILES string of the molecule is Cc1nc(CC(C)C)nc(C)c1C(C)CNC(C)C. The number of aromatic nitrogens is 2. The standard InChI is InChI=1S/C16H29N3/c1-10(2)8-15-18-13(6)16(14(7)19-15)12(5)9-17-11(3)4/h10-12,17H,8-9H2,1-7H3. The van der Waals surface area contributed by atoms with Gasteiger partial charge in [-0.25, -0.2) is 9.97 Å². The molecule has 0 bridgehead atoms. The molecule has 1 unspecified atom stereocenters. The van der Waals surface area contributed by atoms with Gasteiger partial charge in [0.2, 0.25) is 0 Å². The van der Waals surface area contributed by atoms with Crippen LogP contribution in [0.5, 0.6) is 0 Å². The van der Waals surface area contributed by atoms with E-state index in [2.05, 4.69) is 63.8 Å². The Morgan fingerprint density at radius 2 is 1.47 bits per heavy atom. The van der Waals surface area contributed by atoms with Gasteiger partial charge in [0, 0.05) is 30.4 Å². The lowest BCUT2D eigenvalue weighted by Crippen LogP contribution is -2.28. The summed E-state index contributed by atoms with van der Waals surface area (Å²) in [5.74, 6) is 2.04. The number of hydrogen-bond acceptors (Lipinski definition) is 3. The average Bonchev–Trinajstić information content (AvgIpc) is 2.24. The molecule has 1 N–H and O–H groups in total. The molecule has 0 aromatic carbocycles. The highest BCUT2D eigenvalue weighted by Gasteiger charge is 2.15. The zero-order chi connectivity index (χ0) is 14.6. The molecule has 0 aliphatic heterocycles. The molecular formula is C16H29N3. The molecule has 1 aromatic heterocycles. The maximum atomic E-state index is 4.68. The molecule has 1 rings (SSSR count). The van der Waals surface area contributed by atoms with Crippen LogP contribution >= 0.6 is 0 Å². The Balaban J connectivity index is 2.90. The highest BCUT2D eigenvalue weighted by Crippen LogP contribution is 2.21. The Labute approximate surface area is 118 Å². The van der Waals surface area contributed by atoms with Crippen molar-refractivity contribution in [3.8, 4) is 0 Å². The fraction of sp³-hybridized carbons (Fsp3) is 0.750. The monoisotopic (exact) mass is 263 g/mol. The molecule has 3 nitrogen and oxygen atoms in total. The van der Waals surface area contributed by atoms with E-state index in [1.807, 2.05) is 0 Å². The summed E-state index contributed by atoms with van der Waals surface area (Å²) in [6.07, 6.45) is 0.959. The van der Waals surface area contributed by atoms with Crippen LogP contribution in [0.2, 0.25) is 0 Å². The lowest BCUT2D eigenvalue weighted by atomic mass is 9.97. The zero-order valence-electron chi connectivity index (χ0n) is 13.5. The molecule has 1 heterocycles. The predicted octanol–water partition coefficient (Wildman–Crippen LogP) is 3.39. The Bertz CT molecular complexity index is 387. The van der Waals surface area contributed by atoms with Gasteiger partial charge >= 0.3 is 0 Å². The predicted molar refractivity (Wildman–Crippen MR) is 81.6 cm³/mol. The quantitative estimate of drug-likeness (QED) is 0.855. The van der Waals surface area contributed by atoms with Gasteiger partial charge in [0.25, 0.3) is 0 Å². The van der Waals surface area contributed by atoms with E-state index in [0.717, 1.165) is 30.2 Å². The lowest BCUT2D eigenvalue weighted by Gasteiger charge is -2.19. The van der Waals surface area contributed by atoms with Gasteiger partial charge in [0.05, 0.1) is 0 Å². The molecule has 0 spiro atoms. The van der Waals surface area contributed by atoms with E-state index in [4.69, 9.17) is 0 Å². The zero-order valence-corrected chi connectivity index (χ0v) is 13.5. The molecule has 0 amide bonds. The van der Waals surface area contributed by atoms with Crippen LogP contribution in [0.15, 0.2) is 0 Å². The first-order valence-corrected chi connectivity index (χ1v) is 7.38. The lowest BCUT2D eigenvalue weighted by molar-refractivity contribution is 0.541. The highest BCUT2D eigenvalue weighted by molar-refractivity contribution is 5.28. The van der Waals surface area contributed by atoms with Gasteiger partial charge in [0.1, 0.15) is 5.82 Å². The van der Waals surface area contributed by atoms with Crippen molar-refractivity contribution < 1.29 is 0 Å². The van der Waals surface area contributed by atoms with E-state index in [-0.39, 0.29) is 0 Å². The molecular weight excluding hydrogens is 234 g/mol. The molecule has 1 atom stereocenters. The van der Waals surface area contributed by atoms with Crippen LogP contribution in [0.1, 0.15) is 63.3 Å². The van der Waals surface area contributed by atoms with Crippen molar-refractivity contribution in [3.63, 3.8) is 0 Å². The minimum Gasteiger partial charge on any atom is -0.314 e. The third kappa shape index (κ3) is 4.90. The van der Waals surface area contributed by atoms with Crippen LogP contribution in [0.25, 0.3) is 0 Å². The van der Waals surface area contributed by atoms with E-state index in [9.17, 15) is 0 Å². The normalized spacial score (nSPS) is 13.3.